The van der Waals surface area contributed by atoms with Crippen LogP contribution >= 0.6 is 0 Å². The highest BCUT2D eigenvalue weighted by atomic mass is 16.4. The van der Waals surface area contributed by atoms with Crippen LogP contribution in [0.3, 0.4) is 0 Å². The Morgan fingerprint density at radius 2 is 1.71 bits per heavy atom. The molecule has 0 radical (unpaired) electrons. The second kappa shape index (κ2) is 8.39. The Labute approximate surface area is 220 Å². The number of primary amides is 1. The number of aromatic hydroxyl groups is 1. The molecule has 5 rings (SSSR count). The van der Waals surface area contributed by atoms with Crippen molar-refractivity contribution in [3.05, 3.63) is 51.5 Å². The number of aliphatic hydroxyl groups is 4. The third-order valence-corrected chi connectivity index (χ3v) is 9.49. The predicted molar refractivity (Wildman–Crippen MR) is 136 cm³/mol. The number of nitrogens with zero attached hydrogens (tertiary/aromatic N) is 1. The van der Waals surface area contributed by atoms with Crippen molar-refractivity contribution in [3.8, 4) is 5.75 Å². The van der Waals surface area contributed by atoms with Crippen LogP contribution in [0.15, 0.2) is 34.8 Å². The molecule has 38 heavy (non-hydrogen) atoms. The van der Waals surface area contributed by atoms with Crippen molar-refractivity contribution < 1.29 is 39.9 Å². The molecule has 0 unspecified atom stereocenters. The van der Waals surface area contributed by atoms with Gasteiger partial charge in [-0.25, -0.2) is 0 Å². The number of likely N-dealkylation sites (N-methyl/N-ethyl adjacent to an activating group) is 1. The van der Waals surface area contributed by atoms with E-state index in [0.29, 0.717) is 11.1 Å². The van der Waals surface area contributed by atoms with Gasteiger partial charge in [-0.3, -0.25) is 19.3 Å². The molecule has 204 valence electrons. The van der Waals surface area contributed by atoms with Gasteiger partial charge in [-0.2, -0.15) is 0 Å². The summed E-state index contributed by atoms with van der Waals surface area (Å²) >= 11 is 0. The van der Waals surface area contributed by atoms with E-state index in [1.807, 2.05) is 13.0 Å². The summed E-state index contributed by atoms with van der Waals surface area (Å²) < 4.78 is 0. The van der Waals surface area contributed by atoms with E-state index in [0.717, 1.165) is 25.7 Å². The van der Waals surface area contributed by atoms with Gasteiger partial charge in [0.15, 0.2) is 11.4 Å². The standard InChI is InChI=1S/C28H34N2O8/c1-11-12-7-8-13(27(2)9-5-6-10-27)20(31)15(12)21(32)16-14(11)22(33)18-19(30(3)4)23(34)17(26(29)37)25(36)28(18,38)24(16)35/h7-8,11,14,18-19,22,31,33-35,38H,5-6,9-10H2,1-4H3,(H2,29,37)/t11-,14+,18+,19-,22-,28-/m1/s1. The Hall–Kier alpha value is -3.21. The second-order valence-electron chi connectivity index (χ2n) is 11.7. The number of ketones is 2. The van der Waals surface area contributed by atoms with Crippen LogP contribution in [0.1, 0.15) is 66.9 Å². The number of aliphatic hydroxyl groups excluding tert-OH is 3. The van der Waals surface area contributed by atoms with Gasteiger partial charge in [0.05, 0.1) is 23.6 Å². The summed E-state index contributed by atoms with van der Waals surface area (Å²) in [6.07, 6.45) is 2.06. The summed E-state index contributed by atoms with van der Waals surface area (Å²) in [5.41, 5.74) is 1.88. The Morgan fingerprint density at radius 3 is 2.26 bits per heavy atom. The summed E-state index contributed by atoms with van der Waals surface area (Å²) in [6.45, 7) is 3.76. The SMILES string of the molecule is C[C@@H]1c2ccc(C3(C)CCCC3)c(O)c2C(=O)C2=C(O)[C@@]3(O)C(=O)C(C(N)=O)=C(O)[C@H](N(C)C)[C@H]3[C@H](O)[C@H]21. The highest BCUT2D eigenvalue weighted by Gasteiger charge is 2.67. The molecule has 1 fully saturated rings. The molecular weight excluding hydrogens is 492 g/mol. The Balaban J connectivity index is 1.76. The first kappa shape index (κ1) is 26.4. The number of hydrogen-bond donors (Lipinski definition) is 6. The number of nitrogens with two attached hydrogens (primary N) is 1. The molecule has 1 aromatic rings. The molecule has 0 aromatic heterocycles. The number of phenols is 1. The maximum atomic E-state index is 14.0. The number of hydrogen-bond acceptors (Lipinski definition) is 9. The van der Waals surface area contributed by atoms with E-state index in [2.05, 4.69) is 0 Å². The molecule has 10 heteroatoms. The molecule has 1 amide bonds. The minimum atomic E-state index is -2.91. The Morgan fingerprint density at radius 1 is 1.11 bits per heavy atom. The lowest BCUT2D eigenvalue weighted by Crippen LogP contribution is -2.68. The number of rotatable bonds is 3. The summed E-state index contributed by atoms with van der Waals surface area (Å²) in [5, 5.41) is 57.2. The van der Waals surface area contributed by atoms with Crippen molar-refractivity contribution in [1.29, 1.82) is 0 Å². The Bertz CT molecular complexity index is 1340. The molecule has 4 aliphatic carbocycles. The summed E-state index contributed by atoms with van der Waals surface area (Å²) in [6, 6.07) is 2.29. The number of fused-ring (bicyclic) bond motifs is 3. The van der Waals surface area contributed by atoms with Crippen LogP contribution in [0.5, 0.6) is 5.75 Å². The lowest BCUT2D eigenvalue weighted by atomic mass is 9.55. The average Bonchev–Trinajstić information content (AvgIpc) is 3.28. The van der Waals surface area contributed by atoms with Gasteiger partial charge in [-0.1, -0.05) is 38.8 Å². The minimum Gasteiger partial charge on any atom is -0.510 e. The van der Waals surface area contributed by atoms with E-state index in [1.54, 1.807) is 13.0 Å². The number of benzene rings is 1. The van der Waals surface area contributed by atoms with Crippen LogP contribution in [-0.4, -0.2) is 79.7 Å². The normalized spacial score (nSPS) is 34.3. The van der Waals surface area contributed by atoms with Crippen molar-refractivity contribution in [2.75, 3.05) is 14.1 Å². The van der Waals surface area contributed by atoms with Crippen LogP contribution < -0.4 is 5.73 Å². The number of amides is 1. The molecule has 4 aliphatic rings. The van der Waals surface area contributed by atoms with Gasteiger partial charge in [-0.05, 0) is 43.8 Å². The smallest absolute Gasteiger partial charge is 0.255 e. The van der Waals surface area contributed by atoms with Gasteiger partial charge in [0, 0.05) is 17.1 Å². The average molecular weight is 527 g/mol. The van der Waals surface area contributed by atoms with Crippen LogP contribution in [0.2, 0.25) is 0 Å². The van der Waals surface area contributed by atoms with E-state index in [-0.39, 0.29) is 16.7 Å². The molecule has 1 aromatic carbocycles. The molecule has 7 N–H and O–H groups in total. The zero-order valence-electron chi connectivity index (χ0n) is 21.9. The van der Waals surface area contributed by atoms with Crippen LogP contribution in [0, 0.1) is 11.8 Å². The van der Waals surface area contributed by atoms with E-state index in [4.69, 9.17) is 5.73 Å². The van der Waals surface area contributed by atoms with Crippen molar-refractivity contribution in [3.63, 3.8) is 0 Å². The molecule has 0 bridgehead atoms. The largest absolute Gasteiger partial charge is 0.510 e. The number of carbonyl (C=O) groups is 3. The highest BCUT2D eigenvalue weighted by Crippen LogP contribution is 2.56. The summed E-state index contributed by atoms with van der Waals surface area (Å²) in [4.78, 5) is 41.0. The first-order chi connectivity index (χ1) is 17.7. The van der Waals surface area contributed by atoms with Gasteiger partial charge in [-0.15, -0.1) is 0 Å². The van der Waals surface area contributed by atoms with Gasteiger partial charge in [0.2, 0.25) is 5.78 Å². The lowest BCUT2D eigenvalue weighted by molar-refractivity contribution is -0.162. The first-order valence-electron chi connectivity index (χ1n) is 12.9. The molecular formula is C28H34N2O8. The van der Waals surface area contributed by atoms with Crippen molar-refractivity contribution >= 4 is 17.5 Å². The van der Waals surface area contributed by atoms with E-state index < -0.39 is 75.6 Å². The third-order valence-electron chi connectivity index (χ3n) is 9.49. The highest BCUT2D eigenvalue weighted by molar-refractivity contribution is 6.25. The quantitative estimate of drug-likeness (QED) is 0.318. The van der Waals surface area contributed by atoms with Crippen LogP contribution in [-0.2, 0) is 15.0 Å². The van der Waals surface area contributed by atoms with Gasteiger partial charge >= 0.3 is 0 Å². The van der Waals surface area contributed by atoms with Crippen molar-refractivity contribution in [2.45, 2.75) is 68.6 Å². The molecule has 0 aliphatic heterocycles. The van der Waals surface area contributed by atoms with Crippen molar-refractivity contribution in [2.24, 2.45) is 17.6 Å². The predicted octanol–water partition coefficient (Wildman–Crippen LogP) is 1.48. The fourth-order valence-electron chi connectivity index (χ4n) is 7.53. The monoisotopic (exact) mass is 526 g/mol. The molecule has 10 nitrogen and oxygen atoms in total. The van der Waals surface area contributed by atoms with Gasteiger partial charge < -0.3 is 31.3 Å². The number of phenolic OH excluding ortho intramolecular Hbond substituents is 1. The fraction of sp³-hybridized carbons (Fsp3) is 0.536. The van der Waals surface area contributed by atoms with Crippen molar-refractivity contribution in [1.82, 2.24) is 4.90 Å². The van der Waals surface area contributed by atoms with Gasteiger partial charge in [0.25, 0.3) is 5.91 Å². The number of Topliss-reactive ketones (excluding diaryl/α,β-unsaturated/α-hetero) is 2. The molecule has 0 saturated heterocycles. The fourth-order valence-corrected chi connectivity index (χ4v) is 7.53. The maximum absolute atomic E-state index is 14.0. The van der Waals surface area contributed by atoms with Crippen LogP contribution in [0.25, 0.3) is 0 Å². The maximum Gasteiger partial charge on any atom is 0.255 e. The van der Waals surface area contributed by atoms with Crippen LogP contribution in [0.4, 0.5) is 0 Å². The zero-order valence-corrected chi connectivity index (χ0v) is 21.9. The minimum absolute atomic E-state index is 0.0314. The molecule has 0 heterocycles. The first-order valence-corrected chi connectivity index (χ1v) is 12.9. The molecule has 6 atom stereocenters. The number of carbonyl (C=O) groups excluding carboxylic acids is 3. The van der Waals surface area contributed by atoms with E-state index in [9.17, 15) is 39.9 Å². The van der Waals surface area contributed by atoms with Gasteiger partial charge in [0.1, 0.15) is 22.8 Å². The topological polar surface area (TPSA) is 182 Å². The Kier molecular flexibility index (Phi) is 5.83. The molecule has 1 saturated carbocycles. The second-order valence-corrected chi connectivity index (χ2v) is 11.7. The third kappa shape index (κ3) is 3.14. The lowest BCUT2D eigenvalue weighted by Gasteiger charge is -2.53. The zero-order chi connectivity index (χ0) is 28.1. The summed E-state index contributed by atoms with van der Waals surface area (Å²) in [5.74, 6) is -8.65. The molecule has 0 spiro atoms. The van der Waals surface area contributed by atoms with E-state index >= 15 is 0 Å². The summed E-state index contributed by atoms with van der Waals surface area (Å²) in [7, 11) is 3.01. The van der Waals surface area contributed by atoms with E-state index in [1.165, 1.54) is 19.0 Å².